The van der Waals surface area contributed by atoms with E-state index in [2.05, 4.69) is 19.7 Å². The normalized spacial score (nSPS) is 10.1. The van der Waals surface area contributed by atoms with Crippen LogP contribution in [-0.4, -0.2) is 49.3 Å². The molecule has 8 heteroatoms. The first-order valence-corrected chi connectivity index (χ1v) is 7.32. The van der Waals surface area contributed by atoms with Gasteiger partial charge in [0.1, 0.15) is 19.8 Å². The van der Waals surface area contributed by atoms with Crippen molar-refractivity contribution in [3.8, 4) is 0 Å². The largest absolute Gasteiger partial charge is 0.461 e. The third-order valence-electron chi connectivity index (χ3n) is 2.63. The van der Waals surface area contributed by atoms with E-state index in [1.54, 1.807) is 0 Å². The zero-order chi connectivity index (χ0) is 19.3. The third-order valence-corrected chi connectivity index (χ3v) is 2.63. The summed E-state index contributed by atoms with van der Waals surface area (Å²) in [6, 6.07) is 0. The summed E-state index contributed by atoms with van der Waals surface area (Å²) in [7, 11) is 0. The maximum Gasteiger partial charge on any atom is 0.352 e. The van der Waals surface area contributed by atoms with Gasteiger partial charge in [0, 0.05) is 6.92 Å². The number of hydrogen-bond donors (Lipinski definition) is 0. The Kier molecular flexibility index (Phi) is 10.3. The minimum atomic E-state index is -2.20. The van der Waals surface area contributed by atoms with E-state index in [0.29, 0.717) is 0 Å². The van der Waals surface area contributed by atoms with Gasteiger partial charge in [-0.25, -0.2) is 4.79 Å². The second kappa shape index (κ2) is 11.6. The van der Waals surface area contributed by atoms with E-state index in [1.165, 1.54) is 18.2 Å². The summed E-state index contributed by atoms with van der Waals surface area (Å²) in [6.07, 6.45) is 2.47. The highest BCUT2D eigenvalue weighted by molar-refractivity contribution is 5.92. The smallest absolute Gasteiger partial charge is 0.352 e. The van der Waals surface area contributed by atoms with Crippen molar-refractivity contribution < 1.29 is 38.1 Å². The minimum Gasteiger partial charge on any atom is -0.461 e. The van der Waals surface area contributed by atoms with Gasteiger partial charge in [-0.2, -0.15) is 0 Å². The van der Waals surface area contributed by atoms with Crippen LogP contribution < -0.4 is 0 Å². The molecule has 0 spiro atoms. The van der Waals surface area contributed by atoms with Crippen LogP contribution in [0, 0.1) is 0 Å². The standard InChI is InChI=1S/C17H22O8/c1-5-8-22-14(19)11-17(25-13(4)18,16(21)24-10-7-3)12-15(20)23-9-6-2/h5-7H,1-3,8-12H2,4H3. The average Bonchev–Trinajstić information content (AvgIpc) is 2.54. The highest BCUT2D eigenvalue weighted by atomic mass is 16.6. The summed E-state index contributed by atoms with van der Waals surface area (Å²) in [6.45, 7) is 10.8. The Labute approximate surface area is 146 Å². The fraction of sp³-hybridized carbons (Fsp3) is 0.412. The van der Waals surface area contributed by atoms with E-state index in [-0.39, 0.29) is 19.8 Å². The minimum absolute atomic E-state index is 0.113. The summed E-state index contributed by atoms with van der Waals surface area (Å²) < 4.78 is 19.5. The molecule has 138 valence electrons. The molecule has 0 aliphatic heterocycles. The molecule has 0 aromatic heterocycles. The lowest BCUT2D eigenvalue weighted by molar-refractivity contribution is -0.189. The van der Waals surface area contributed by atoms with Gasteiger partial charge in [0.25, 0.3) is 0 Å². The third kappa shape index (κ3) is 8.50. The molecule has 25 heavy (non-hydrogen) atoms. The quantitative estimate of drug-likeness (QED) is 0.293. The molecule has 8 nitrogen and oxygen atoms in total. The summed E-state index contributed by atoms with van der Waals surface area (Å²) in [5.74, 6) is -3.74. The highest BCUT2D eigenvalue weighted by Gasteiger charge is 2.48. The average molecular weight is 354 g/mol. The fourth-order valence-corrected chi connectivity index (χ4v) is 1.73. The maximum absolute atomic E-state index is 12.4. The summed E-state index contributed by atoms with van der Waals surface area (Å²) in [5.41, 5.74) is -2.20. The van der Waals surface area contributed by atoms with Crippen molar-refractivity contribution in [3.05, 3.63) is 38.0 Å². The summed E-state index contributed by atoms with van der Waals surface area (Å²) in [4.78, 5) is 47.6. The first-order valence-electron chi connectivity index (χ1n) is 7.32. The second-order valence-corrected chi connectivity index (χ2v) is 4.77. The molecule has 0 saturated heterocycles. The molecule has 0 aromatic rings. The van der Waals surface area contributed by atoms with Crippen LogP contribution in [-0.2, 0) is 38.1 Å². The van der Waals surface area contributed by atoms with Crippen LogP contribution in [0.5, 0.6) is 0 Å². The van der Waals surface area contributed by atoms with E-state index < -0.39 is 42.3 Å². The topological polar surface area (TPSA) is 105 Å². The van der Waals surface area contributed by atoms with Crippen molar-refractivity contribution in [2.75, 3.05) is 19.8 Å². The van der Waals surface area contributed by atoms with Gasteiger partial charge in [-0.3, -0.25) is 14.4 Å². The lowest BCUT2D eigenvalue weighted by Gasteiger charge is -2.29. The molecule has 0 atom stereocenters. The van der Waals surface area contributed by atoms with Crippen LogP contribution in [0.25, 0.3) is 0 Å². The van der Waals surface area contributed by atoms with Gasteiger partial charge in [-0.15, -0.1) is 0 Å². The number of carbonyl (C=O) groups excluding carboxylic acids is 4. The molecule has 0 fully saturated rings. The van der Waals surface area contributed by atoms with Gasteiger partial charge in [0.2, 0.25) is 5.60 Å². The Morgan fingerprint density at radius 1 is 0.800 bits per heavy atom. The molecule has 0 heterocycles. The van der Waals surface area contributed by atoms with E-state index in [0.717, 1.165) is 6.92 Å². The van der Waals surface area contributed by atoms with Crippen LogP contribution in [0.3, 0.4) is 0 Å². The lowest BCUT2D eigenvalue weighted by Crippen LogP contribution is -2.48. The van der Waals surface area contributed by atoms with Gasteiger partial charge in [-0.1, -0.05) is 38.0 Å². The van der Waals surface area contributed by atoms with Crippen molar-refractivity contribution in [2.24, 2.45) is 0 Å². The van der Waals surface area contributed by atoms with Crippen LogP contribution in [0.4, 0.5) is 0 Å². The van der Waals surface area contributed by atoms with Crippen molar-refractivity contribution in [1.29, 1.82) is 0 Å². The molecule has 0 unspecified atom stereocenters. The molecule has 0 bridgehead atoms. The van der Waals surface area contributed by atoms with Crippen LogP contribution >= 0.6 is 0 Å². The fourth-order valence-electron chi connectivity index (χ4n) is 1.73. The van der Waals surface area contributed by atoms with Gasteiger partial charge in [0.05, 0.1) is 12.8 Å². The number of esters is 4. The van der Waals surface area contributed by atoms with Crippen molar-refractivity contribution >= 4 is 23.9 Å². The van der Waals surface area contributed by atoms with Crippen molar-refractivity contribution in [1.82, 2.24) is 0 Å². The first kappa shape index (κ1) is 22.1. The Balaban J connectivity index is 5.56. The van der Waals surface area contributed by atoms with Crippen molar-refractivity contribution in [3.63, 3.8) is 0 Å². The predicted octanol–water partition coefficient (Wildman–Crippen LogP) is 1.26. The highest BCUT2D eigenvalue weighted by Crippen LogP contribution is 2.25. The van der Waals surface area contributed by atoms with Crippen LogP contribution in [0.1, 0.15) is 19.8 Å². The monoisotopic (exact) mass is 354 g/mol. The molecule has 0 aliphatic carbocycles. The van der Waals surface area contributed by atoms with Crippen LogP contribution in [0.2, 0.25) is 0 Å². The van der Waals surface area contributed by atoms with Gasteiger partial charge in [-0.05, 0) is 0 Å². The Bertz CT molecular complexity index is 509. The molecule has 0 N–H and O–H groups in total. The van der Waals surface area contributed by atoms with Gasteiger partial charge >= 0.3 is 23.9 Å². The molecule has 0 radical (unpaired) electrons. The predicted molar refractivity (Wildman–Crippen MR) is 87.2 cm³/mol. The number of carbonyl (C=O) groups is 4. The Morgan fingerprint density at radius 2 is 1.20 bits per heavy atom. The number of rotatable bonds is 12. The summed E-state index contributed by atoms with van der Waals surface area (Å²) >= 11 is 0. The number of ether oxygens (including phenoxy) is 4. The Morgan fingerprint density at radius 3 is 1.56 bits per heavy atom. The Hall–Kier alpha value is -2.90. The molecule has 0 aliphatic rings. The molecule has 0 saturated carbocycles. The van der Waals surface area contributed by atoms with E-state index in [9.17, 15) is 19.2 Å². The second-order valence-electron chi connectivity index (χ2n) is 4.77. The molecule has 0 amide bonds. The summed E-state index contributed by atoms with van der Waals surface area (Å²) in [5, 5.41) is 0. The van der Waals surface area contributed by atoms with Crippen LogP contribution in [0.15, 0.2) is 38.0 Å². The SMILES string of the molecule is C=CCOC(=O)CC(CC(=O)OCC=C)(OC(C)=O)C(=O)OCC=C. The maximum atomic E-state index is 12.4. The zero-order valence-electron chi connectivity index (χ0n) is 14.2. The van der Waals surface area contributed by atoms with Gasteiger partial charge < -0.3 is 18.9 Å². The van der Waals surface area contributed by atoms with Gasteiger partial charge in [0.15, 0.2) is 0 Å². The van der Waals surface area contributed by atoms with Crippen molar-refractivity contribution in [2.45, 2.75) is 25.4 Å². The number of hydrogen-bond acceptors (Lipinski definition) is 8. The molecule has 0 rings (SSSR count). The zero-order valence-corrected chi connectivity index (χ0v) is 14.2. The van der Waals surface area contributed by atoms with E-state index in [4.69, 9.17) is 18.9 Å². The van der Waals surface area contributed by atoms with E-state index in [1.807, 2.05) is 0 Å². The first-order chi connectivity index (χ1) is 11.8. The molecular formula is C17H22O8. The lowest BCUT2D eigenvalue weighted by atomic mass is 9.95. The molecular weight excluding hydrogens is 332 g/mol. The molecule has 0 aromatic carbocycles. The van der Waals surface area contributed by atoms with E-state index >= 15 is 0 Å².